The first-order chi connectivity index (χ1) is 9.10. The van der Waals surface area contributed by atoms with Gasteiger partial charge < -0.3 is 10.6 Å². The Morgan fingerprint density at radius 3 is 2.79 bits per heavy atom. The van der Waals surface area contributed by atoms with Crippen LogP contribution < -0.4 is 5.73 Å². The number of hydrogen-bond acceptors (Lipinski definition) is 5. The van der Waals surface area contributed by atoms with Crippen molar-refractivity contribution in [3.05, 3.63) is 35.4 Å². The summed E-state index contributed by atoms with van der Waals surface area (Å²) >= 11 is 0. The highest BCUT2D eigenvalue weighted by Gasteiger charge is 2.18. The molecule has 2 heterocycles. The molecule has 0 radical (unpaired) electrons. The van der Waals surface area contributed by atoms with Crippen molar-refractivity contribution in [1.29, 1.82) is 0 Å². The molecule has 2 rings (SSSR count). The predicted molar refractivity (Wildman–Crippen MR) is 70.2 cm³/mol. The Labute approximate surface area is 110 Å². The first kappa shape index (κ1) is 13.0. The van der Waals surface area contributed by atoms with Crippen LogP contribution in [0.5, 0.6) is 0 Å². The molecular weight excluding hydrogens is 244 g/mol. The van der Waals surface area contributed by atoms with Gasteiger partial charge in [-0.15, -0.1) is 5.10 Å². The highest BCUT2D eigenvalue weighted by Crippen LogP contribution is 2.07. The van der Waals surface area contributed by atoms with Gasteiger partial charge in [-0.3, -0.25) is 14.9 Å². The molecule has 0 unspecified atom stereocenters. The zero-order valence-electron chi connectivity index (χ0n) is 10.9. The van der Waals surface area contributed by atoms with Gasteiger partial charge in [-0.25, -0.2) is 0 Å². The van der Waals surface area contributed by atoms with Gasteiger partial charge in [-0.2, -0.15) is 4.98 Å². The number of aromatic amines is 1. The molecule has 0 saturated carbocycles. The van der Waals surface area contributed by atoms with Gasteiger partial charge in [0, 0.05) is 12.2 Å². The maximum absolute atomic E-state index is 12.2. The second-order valence-electron chi connectivity index (χ2n) is 4.13. The third-order valence-corrected chi connectivity index (χ3v) is 2.67. The average Bonchev–Trinajstić information content (AvgIpc) is 2.82. The minimum absolute atomic E-state index is 0.0630. The summed E-state index contributed by atoms with van der Waals surface area (Å²) in [5.41, 5.74) is 7.15. The van der Waals surface area contributed by atoms with Gasteiger partial charge in [0.15, 0.2) is 0 Å². The summed E-state index contributed by atoms with van der Waals surface area (Å²) in [6.45, 7) is 4.79. The predicted octanol–water partition coefficient (Wildman–Crippen LogP) is 0.753. The average molecular weight is 260 g/mol. The monoisotopic (exact) mass is 260 g/mol. The van der Waals surface area contributed by atoms with E-state index in [0.29, 0.717) is 13.1 Å². The maximum atomic E-state index is 12.2. The topological polar surface area (TPSA) is 101 Å². The molecule has 7 nitrogen and oxygen atoms in total. The van der Waals surface area contributed by atoms with Crippen molar-refractivity contribution < 1.29 is 4.79 Å². The van der Waals surface area contributed by atoms with Gasteiger partial charge >= 0.3 is 0 Å². The number of anilines is 1. The molecule has 100 valence electrons. The van der Waals surface area contributed by atoms with Gasteiger partial charge in [-0.05, 0) is 26.0 Å². The molecule has 0 aliphatic rings. The van der Waals surface area contributed by atoms with Crippen LogP contribution in [0.2, 0.25) is 0 Å². The molecule has 2 aromatic rings. The lowest BCUT2D eigenvalue weighted by atomic mass is 10.3. The summed E-state index contributed by atoms with van der Waals surface area (Å²) < 4.78 is 0. The van der Waals surface area contributed by atoms with E-state index in [1.54, 1.807) is 4.90 Å². The first-order valence-corrected chi connectivity index (χ1v) is 6.00. The Kier molecular flexibility index (Phi) is 3.74. The number of carbonyl (C=O) groups excluding carboxylic acids is 1. The minimum atomic E-state index is -0.241. The van der Waals surface area contributed by atoms with Crippen LogP contribution in [-0.2, 0) is 6.54 Å². The number of nitrogens with one attached hydrogen (secondary N) is 1. The molecular formula is C12H16N6O. The summed E-state index contributed by atoms with van der Waals surface area (Å²) in [6.07, 6.45) is 0. The molecule has 3 N–H and O–H groups in total. The normalized spacial score (nSPS) is 10.4. The molecule has 0 saturated heterocycles. The van der Waals surface area contributed by atoms with Crippen LogP contribution >= 0.6 is 0 Å². The second kappa shape index (κ2) is 5.47. The summed E-state index contributed by atoms with van der Waals surface area (Å²) in [6, 6.07) is 5.72. The zero-order chi connectivity index (χ0) is 13.8. The molecule has 19 heavy (non-hydrogen) atoms. The number of nitrogens with zero attached hydrogens (tertiary/aromatic N) is 4. The summed E-state index contributed by atoms with van der Waals surface area (Å²) in [5.74, 6) is -0.0323. The Hall–Kier alpha value is -2.44. The summed E-state index contributed by atoms with van der Waals surface area (Å²) in [7, 11) is 0. The van der Waals surface area contributed by atoms with Crippen molar-refractivity contribution in [3.63, 3.8) is 0 Å². The van der Waals surface area contributed by atoms with Gasteiger partial charge in [0.25, 0.3) is 5.91 Å². The van der Waals surface area contributed by atoms with Crippen LogP contribution in [0.15, 0.2) is 18.2 Å². The number of nitrogens with two attached hydrogens (primary N) is 1. The van der Waals surface area contributed by atoms with Crippen LogP contribution in [0.4, 0.5) is 5.95 Å². The van der Waals surface area contributed by atoms with E-state index in [4.69, 9.17) is 5.73 Å². The summed E-state index contributed by atoms with van der Waals surface area (Å²) in [4.78, 5) is 22.0. The van der Waals surface area contributed by atoms with E-state index in [9.17, 15) is 4.79 Å². The van der Waals surface area contributed by atoms with Crippen molar-refractivity contribution >= 4 is 11.9 Å². The Bertz CT molecular complexity index is 579. The van der Waals surface area contributed by atoms with E-state index in [1.807, 2.05) is 32.0 Å². The second-order valence-corrected chi connectivity index (χ2v) is 4.13. The van der Waals surface area contributed by atoms with E-state index in [1.165, 1.54) is 0 Å². The molecule has 7 heteroatoms. The highest BCUT2D eigenvalue weighted by molar-refractivity contribution is 5.90. The lowest BCUT2D eigenvalue weighted by molar-refractivity contribution is 0.0738. The van der Waals surface area contributed by atoms with E-state index >= 15 is 0 Å². The van der Waals surface area contributed by atoms with Crippen LogP contribution in [0.3, 0.4) is 0 Å². The lowest BCUT2D eigenvalue weighted by Gasteiger charge is -2.19. The van der Waals surface area contributed by atoms with Crippen molar-refractivity contribution in [2.45, 2.75) is 20.4 Å². The van der Waals surface area contributed by atoms with Crippen molar-refractivity contribution in [1.82, 2.24) is 25.1 Å². The van der Waals surface area contributed by atoms with Crippen LogP contribution in [0, 0.1) is 6.92 Å². The molecule has 0 atom stereocenters. The Balaban J connectivity index is 2.14. The number of aryl methyl sites for hydroxylation is 1. The van der Waals surface area contributed by atoms with Crippen LogP contribution in [0.25, 0.3) is 0 Å². The zero-order valence-corrected chi connectivity index (χ0v) is 10.9. The van der Waals surface area contributed by atoms with Crippen LogP contribution in [0.1, 0.15) is 28.9 Å². The number of nitrogen functional groups attached to an aromatic ring is 1. The smallest absolute Gasteiger partial charge is 0.291 e. The van der Waals surface area contributed by atoms with E-state index in [-0.39, 0.29) is 17.7 Å². The van der Waals surface area contributed by atoms with Gasteiger partial charge in [0.05, 0.1) is 12.2 Å². The van der Waals surface area contributed by atoms with E-state index in [0.717, 1.165) is 11.4 Å². The van der Waals surface area contributed by atoms with Crippen molar-refractivity contribution in [2.24, 2.45) is 0 Å². The number of H-pyrrole nitrogens is 1. The van der Waals surface area contributed by atoms with Crippen molar-refractivity contribution in [3.8, 4) is 0 Å². The standard InChI is InChI=1S/C12H16N6O/c1-3-18(7-9-6-4-5-8(2)14-9)11(19)10-15-12(13)17-16-10/h4-6H,3,7H2,1-2H3,(H3,13,15,16,17). The van der Waals surface area contributed by atoms with Gasteiger partial charge in [-0.1, -0.05) is 6.07 Å². The molecule has 0 bridgehead atoms. The van der Waals surface area contributed by atoms with E-state index in [2.05, 4.69) is 20.2 Å². The van der Waals surface area contributed by atoms with Gasteiger partial charge in [0.1, 0.15) is 0 Å². The Morgan fingerprint density at radius 2 is 2.21 bits per heavy atom. The third kappa shape index (κ3) is 3.06. The Morgan fingerprint density at radius 1 is 1.42 bits per heavy atom. The molecule has 2 aromatic heterocycles. The summed E-state index contributed by atoms with van der Waals surface area (Å²) in [5, 5.41) is 6.17. The fourth-order valence-electron chi connectivity index (χ4n) is 1.73. The van der Waals surface area contributed by atoms with E-state index < -0.39 is 0 Å². The largest absolute Gasteiger partial charge is 0.366 e. The minimum Gasteiger partial charge on any atom is -0.366 e. The third-order valence-electron chi connectivity index (χ3n) is 2.67. The van der Waals surface area contributed by atoms with Crippen molar-refractivity contribution in [2.75, 3.05) is 12.3 Å². The molecule has 0 aliphatic heterocycles. The number of carbonyl (C=O) groups is 1. The highest BCUT2D eigenvalue weighted by atomic mass is 16.2. The molecule has 0 spiro atoms. The number of aromatic nitrogens is 4. The number of hydrogen-bond donors (Lipinski definition) is 2. The SMILES string of the molecule is CCN(Cc1cccc(C)n1)C(=O)c1nc(N)n[nH]1. The lowest BCUT2D eigenvalue weighted by Crippen LogP contribution is -2.31. The fraction of sp³-hybridized carbons (Fsp3) is 0.333. The first-order valence-electron chi connectivity index (χ1n) is 6.00. The molecule has 0 aliphatic carbocycles. The number of pyridine rings is 1. The number of amides is 1. The molecule has 0 aromatic carbocycles. The molecule has 1 amide bonds. The fourth-order valence-corrected chi connectivity index (χ4v) is 1.73. The van der Waals surface area contributed by atoms with Gasteiger partial charge in [0.2, 0.25) is 11.8 Å². The molecule has 0 fully saturated rings. The maximum Gasteiger partial charge on any atom is 0.291 e. The number of rotatable bonds is 4. The van der Waals surface area contributed by atoms with Crippen LogP contribution in [-0.4, -0.2) is 37.5 Å². The quantitative estimate of drug-likeness (QED) is 0.844.